The van der Waals surface area contributed by atoms with Crippen LogP contribution in [0.5, 0.6) is 0 Å². The number of nitrogens with zero attached hydrogens (tertiary/aromatic N) is 2. The minimum atomic E-state index is 0. The van der Waals surface area contributed by atoms with Crippen LogP contribution in [0.4, 0.5) is 0 Å². The summed E-state index contributed by atoms with van der Waals surface area (Å²) in [4.78, 5) is 11.5. The molecule has 0 N–H and O–H groups in total. The molecule has 4 aromatic carbocycles. The van der Waals surface area contributed by atoms with E-state index in [4.69, 9.17) is 0 Å². The molecule has 2 nitrogen and oxygen atoms in total. The van der Waals surface area contributed by atoms with E-state index in [1.54, 1.807) is 0 Å². The fourth-order valence-electron chi connectivity index (χ4n) is 5.16. The van der Waals surface area contributed by atoms with Crippen LogP contribution in [0.2, 0.25) is 0 Å². The van der Waals surface area contributed by atoms with Gasteiger partial charge >= 0.3 is 0 Å². The Labute approximate surface area is 279 Å². The van der Waals surface area contributed by atoms with Gasteiger partial charge in [0.15, 0.2) is 0 Å². The van der Waals surface area contributed by atoms with E-state index < -0.39 is 0 Å². The Morgan fingerprint density at radius 2 is 1.34 bits per heavy atom. The molecule has 0 bridgehead atoms. The number of benzene rings is 4. The zero-order chi connectivity index (χ0) is 30.0. The van der Waals surface area contributed by atoms with Crippen LogP contribution in [-0.2, 0) is 25.5 Å². The van der Waals surface area contributed by atoms with Crippen LogP contribution in [0.3, 0.4) is 0 Å². The van der Waals surface area contributed by atoms with Crippen LogP contribution < -0.4 is 0 Å². The SMILES string of the molecule is Cc1ccc(-c2[c-]cccc2)nc1.Cc1ccc2c(c1)-c1ccccc1-c1cc(-c3cc(C(C)(C)C)ccn3)[c-]cc1S2.[Ir]. The van der Waals surface area contributed by atoms with Crippen molar-refractivity contribution in [1.29, 1.82) is 0 Å². The number of aryl methyl sites for hydroxylation is 2. The number of hydrogen-bond donors (Lipinski definition) is 0. The normalized spacial score (nSPS) is 11.5. The molecule has 1 aliphatic rings. The van der Waals surface area contributed by atoms with Gasteiger partial charge in [-0.15, -0.1) is 71.4 Å². The van der Waals surface area contributed by atoms with Crippen molar-refractivity contribution in [1.82, 2.24) is 9.97 Å². The Hall–Kier alpha value is -3.82. The van der Waals surface area contributed by atoms with Gasteiger partial charge in [-0.3, -0.25) is 0 Å². The Morgan fingerprint density at radius 3 is 2.02 bits per heavy atom. The van der Waals surface area contributed by atoms with Crippen molar-refractivity contribution in [3.8, 4) is 44.8 Å². The maximum absolute atomic E-state index is 4.66. The molecule has 7 rings (SSSR count). The van der Waals surface area contributed by atoms with Crippen LogP contribution in [0.15, 0.2) is 125 Å². The predicted molar refractivity (Wildman–Crippen MR) is 180 cm³/mol. The summed E-state index contributed by atoms with van der Waals surface area (Å²) in [6.07, 6.45) is 3.78. The van der Waals surface area contributed by atoms with Crippen molar-refractivity contribution in [2.24, 2.45) is 0 Å². The molecular weight excluding hydrogens is 733 g/mol. The Bertz CT molecular complexity index is 1890. The van der Waals surface area contributed by atoms with Crippen LogP contribution >= 0.6 is 11.8 Å². The third-order valence-electron chi connectivity index (χ3n) is 7.57. The van der Waals surface area contributed by atoms with Gasteiger partial charge in [0.2, 0.25) is 0 Å². The predicted octanol–water partition coefficient (Wildman–Crippen LogP) is 10.8. The number of rotatable bonds is 2. The number of hydrogen-bond acceptors (Lipinski definition) is 3. The standard InChI is InChI=1S/C28H24NS.C12H10N.Ir/c1-18-9-11-26-23(15-18)21-7-5-6-8-22(21)24-16-19(10-12-27(24)30-26)25-17-20(13-14-29-25)28(2,3)4;1-10-7-8-12(13-9-10)11-5-3-2-4-6-11;/h5-9,11-17H,1-4H3;2-5,7-9H,1H3;/q2*-1;. The maximum atomic E-state index is 4.66. The summed E-state index contributed by atoms with van der Waals surface area (Å²) in [7, 11) is 0. The largest absolute Gasteiger partial charge is 0.305 e. The summed E-state index contributed by atoms with van der Waals surface area (Å²) in [5.41, 5.74) is 13.0. The second-order valence-electron chi connectivity index (χ2n) is 11.9. The van der Waals surface area contributed by atoms with Crippen LogP contribution in [-0.4, -0.2) is 9.97 Å². The van der Waals surface area contributed by atoms with Crippen LogP contribution in [0.25, 0.3) is 44.8 Å². The molecule has 0 amide bonds. The van der Waals surface area contributed by atoms with Crippen molar-refractivity contribution in [3.63, 3.8) is 0 Å². The summed E-state index contributed by atoms with van der Waals surface area (Å²) in [6, 6.07) is 42.7. The molecule has 6 aromatic rings. The Morgan fingerprint density at radius 1 is 0.614 bits per heavy atom. The summed E-state index contributed by atoms with van der Waals surface area (Å²) in [5.74, 6) is 0. The summed E-state index contributed by atoms with van der Waals surface area (Å²) in [6.45, 7) is 10.9. The van der Waals surface area contributed by atoms with E-state index in [9.17, 15) is 0 Å². The molecule has 0 saturated carbocycles. The third kappa shape index (κ3) is 6.94. The first kappa shape index (κ1) is 31.6. The number of fused-ring (bicyclic) bond motifs is 5. The molecule has 0 unspecified atom stereocenters. The van der Waals surface area contributed by atoms with E-state index in [0.717, 1.165) is 22.5 Å². The molecule has 3 heterocycles. The summed E-state index contributed by atoms with van der Waals surface area (Å²) >= 11 is 1.83. The van der Waals surface area contributed by atoms with Crippen LogP contribution in [0.1, 0.15) is 37.5 Å². The molecule has 0 atom stereocenters. The molecule has 221 valence electrons. The minimum Gasteiger partial charge on any atom is -0.305 e. The monoisotopic (exact) mass is 767 g/mol. The average molecular weight is 767 g/mol. The van der Waals surface area contributed by atoms with Crippen molar-refractivity contribution in [3.05, 3.63) is 144 Å². The first-order valence-electron chi connectivity index (χ1n) is 14.6. The first-order chi connectivity index (χ1) is 20.8. The van der Waals surface area contributed by atoms with Crippen molar-refractivity contribution < 1.29 is 20.1 Å². The fourth-order valence-corrected chi connectivity index (χ4v) is 6.21. The molecule has 1 radical (unpaired) electrons. The van der Waals surface area contributed by atoms with Gasteiger partial charge in [0.1, 0.15) is 0 Å². The molecule has 0 fully saturated rings. The third-order valence-corrected chi connectivity index (χ3v) is 8.71. The van der Waals surface area contributed by atoms with Gasteiger partial charge in [-0.05, 0) is 70.6 Å². The molecule has 0 aliphatic carbocycles. The van der Waals surface area contributed by atoms with Gasteiger partial charge in [-0.25, -0.2) is 0 Å². The van der Waals surface area contributed by atoms with E-state index in [-0.39, 0.29) is 25.5 Å². The topological polar surface area (TPSA) is 25.8 Å². The van der Waals surface area contributed by atoms with Crippen molar-refractivity contribution in [2.45, 2.75) is 49.8 Å². The van der Waals surface area contributed by atoms with E-state index in [2.05, 4.69) is 123 Å². The average Bonchev–Trinajstić information content (AvgIpc) is 3.16. The van der Waals surface area contributed by atoms with Gasteiger partial charge in [-0.2, -0.15) is 0 Å². The van der Waals surface area contributed by atoms with Gasteiger partial charge in [0.25, 0.3) is 0 Å². The summed E-state index contributed by atoms with van der Waals surface area (Å²) in [5, 5.41) is 0. The zero-order valence-electron chi connectivity index (χ0n) is 25.6. The number of aromatic nitrogens is 2. The number of pyridine rings is 2. The molecule has 2 aromatic heterocycles. The summed E-state index contributed by atoms with van der Waals surface area (Å²) < 4.78 is 0. The molecule has 0 spiro atoms. The van der Waals surface area contributed by atoms with E-state index in [1.165, 1.54) is 48.7 Å². The Balaban J connectivity index is 0.000000230. The minimum absolute atomic E-state index is 0. The molecule has 44 heavy (non-hydrogen) atoms. The quantitative estimate of drug-likeness (QED) is 0.164. The second-order valence-corrected chi connectivity index (χ2v) is 13.0. The van der Waals surface area contributed by atoms with Gasteiger partial charge in [0, 0.05) is 37.4 Å². The van der Waals surface area contributed by atoms with Crippen molar-refractivity contribution >= 4 is 11.8 Å². The molecule has 0 saturated heterocycles. The molecule has 4 heteroatoms. The molecular formula is C40H34IrN2S-2. The van der Waals surface area contributed by atoms with E-state index >= 15 is 0 Å². The van der Waals surface area contributed by atoms with Gasteiger partial charge in [-0.1, -0.05) is 91.4 Å². The maximum Gasteiger partial charge on any atom is 0.0190 e. The molecule has 1 aliphatic heterocycles. The van der Waals surface area contributed by atoms with E-state index in [0.29, 0.717) is 0 Å². The Kier molecular flexibility index (Phi) is 9.65. The van der Waals surface area contributed by atoms with E-state index in [1.807, 2.05) is 61.4 Å². The van der Waals surface area contributed by atoms with Crippen LogP contribution in [0, 0.1) is 26.0 Å². The zero-order valence-corrected chi connectivity index (χ0v) is 28.8. The first-order valence-corrected chi connectivity index (χ1v) is 15.4. The second kappa shape index (κ2) is 13.4. The van der Waals surface area contributed by atoms with Gasteiger partial charge in [0.05, 0.1) is 0 Å². The smallest absolute Gasteiger partial charge is 0.0190 e. The fraction of sp³-hybridized carbons (Fsp3) is 0.150. The van der Waals surface area contributed by atoms with Gasteiger partial charge < -0.3 is 9.97 Å². The van der Waals surface area contributed by atoms with Crippen molar-refractivity contribution in [2.75, 3.05) is 0 Å².